The smallest absolute Gasteiger partial charge is 0.336 e. The van der Waals surface area contributed by atoms with Crippen molar-refractivity contribution in [3.63, 3.8) is 0 Å². The Morgan fingerprint density at radius 2 is 1.47 bits per heavy atom. The van der Waals surface area contributed by atoms with Gasteiger partial charge in [-0.25, -0.2) is 4.79 Å². The van der Waals surface area contributed by atoms with Crippen molar-refractivity contribution in [2.75, 3.05) is 42.7 Å². The summed E-state index contributed by atoms with van der Waals surface area (Å²) in [4.78, 5) is 26.9. The molecule has 1 N–H and O–H groups in total. The average molecular weight is 524 g/mol. The Hall–Kier alpha value is -4.14. The number of dihydropyridines is 1. The first-order valence-electron chi connectivity index (χ1n) is 12.2. The summed E-state index contributed by atoms with van der Waals surface area (Å²) in [5, 5.41) is 3.34. The fourth-order valence-corrected chi connectivity index (χ4v) is 5.42. The summed E-state index contributed by atoms with van der Waals surface area (Å²) in [6.45, 7) is 1.81. The number of esters is 1. The molecule has 0 saturated carbocycles. The highest BCUT2D eigenvalue weighted by molar-refractivity contribution is 6.04. The molecule has 0 bridgehead atoms. The van der Waals surface area contributed by atoms with E-state index in [2.05, 4.69) is 5.32 Å². The summed E-state index contributed by atoms with van der Waals surface area (Å²) in [5.74, 6) is 1.05. The van der Waals surface area contributed by atoms with Gasteiger partial charge in [0.2, 0.25) is 5.75 Å². The van der Waals surface area contributed by atoms with Crippen LogP contribution in [0.15, 0.2) is 52.9 Å². The van der Waals surface area contributed by atoms with Crippen molar-refractivity contribution >= 4 is 11.8 Å². The highest BCUT2D eigenvalue weighted by Gasteiger charge is 2.43. The molecular formula is C29H33NO8. The molecule has 1 heterocycles. The van der Waals surface area contributed by atoms with Crippen LogP contribution in [0.25, 0.3) is 0 Å². The van der Waals surface area contributed by atoms with Crippen LogP contribution in [0.3, 0.4) is 0 Å². The van der Waals surface area contributed by atoms with Crippen LogP contribution in [-0.2, 0) is 14.3 Å². The van der Waals surface area contributed by atoms with Crippen LogP contribution in [0.5, 0.6) is 28.7 Å². The number of carbonyl (C=O) groups is 2. The van der Waals surface area contributed by atoms with E-state index >= 15 is 0 Å². The number of methoxy groups -OCH3 is 6. The zero-order chi connectivity index (χ0) is 27.6. The number of benzene rings is 2. The zero-order valence-corrected chi connectivity index (χ0v) is 22.7. The van der Waals surface area contributed by atoms with Crippen LogP contribution in [0.4, 0.5) is 0 Å². The largest absolute Gasteiger partial charge is 0.493 e. The molecular weight excluding hydrogens is 490 g/mol. The molecule has 38 heavy (non-hydrogen) atoms. The highest BCUT2D eigenvalue weighted by atomic mass is 16.5. The van der Waals surface area contributed by atoms with E-state index in [0.29, 0.717) is 57.6 Å². The van der Waals surface area contributed by atoms with Gasteiger partial charge in [0.15, 0.2) is 28.8 Å². The van der Waals surface area contributed by atoms with Gasteiger partial charge in [0, 0.05) is 29.0 Å². The third-order valence-corrected chi connectivity index (χ3v) is 7.16. The Bertz CT molecular complexity index is 1330. The van der Waals surface area contributed by atoms with Crippen LogP contribution in [0.1, 0.15) is 42.7 Å². The van der Waals surface area contributed by atoms with Gasteiger partial charge in [-0.2, -0.15) is 0 Å². The molecule has 2 aromatic carbocycles. The Labute approximate surface area is 222 Å². The predicted octanol–water partition coefficient (Wildman–Crippen LogP) is 4.26. The summed E-state index contributed by atoms with van der Waals surface area (Å²) in [6, 6.07) is 9.23. The van der Waals surface area contributed by atoms with Gasteiger partial charge in [-0.15, -0.1) is 0 Å². The maximum absolute atomic E-state index is 13.9. The number of ether oxygens (including phenoxy) is 6. The van der Waals surface area contributed by atoms with E-state index in [1.165, 1.54) is 28.4 Å². The van der Waals surface area contributed by atoms with Crippen LogP contribution < -0.4 is 29.0 Å². The van der Waals surface area contributed by atoms with Gasteiger partial charge in [0.05, 0.1) is 54.1 Å². The molecule has 2 aliphatic rings. The predicted molar refractivity (Wildman–Crippen MR) is 140 cm³/mol. The number of nitrogens with one attached hydrogen (secondary N) is 1. The molecule has 2 unspecified atom stereocenters. The normalized spacial score (nSPS) is 18.9. The molecule has 0 radical (unpaired) electrons. The van der Waals surface area contributed by atoms with E-state index in [0.717, 1.165) is 11.3 Å². The lowest BCUT2D eigenvalue weighted by molar-refractivity contribution is -0.136. The fourth-order valence-electron chi connectivity index (χ4n) is 5.42. The number of ketones is 1. The summed E-state index contributed by atoms with van der Waals surface area (Å²) >= 11 is 0. The molecule has 9 heteroatoms. The molecule has 0 aromatic heterocycles. The zero-order valence-electron chi connectivity index (χ0n) is 22.7. The SMILES string of the molecule is COC(=O)C1=C(C)NC2=C(C(=O)CC(c3ccc(OC)c(OC)c3)C2)C1c1ccc(OC)c(OC)c1OC. The minimum Gasteiger partial charge on any atom is -0.493 e. The number of Topliss-reactive ketones (excluding diaryl/α,β-unsaturated/α-hetero) is 1. The average Bonchev–Trinajstić information content (AvgIpc) is 2.94. The molecule has 0 amide bonds. The Morgan fingerprint density at radius 1 is 0.816 bits per heavy atom. The number of rotatable bonds is 8. The standard InChI is InChI=1S/C29H33NO8/c1-15-24(29(32)38-7)25(18-9-11-22(34-3)28(37-6)27(18)36-5)26-19(30-15)12-17(13-20(26)31)16-8-10-21(33-2)23(14-16)35-4/h8-11,14,17,25,30H,12-13H2,1-7H3. The topological polar surface area (TPSA) is 102 Å². The molecule has 2 atom stereocenters. The summed E-state index contributed by atoms with van der Waals surface area (Å²) in [5.41, 5.74) is 3.79. The van der Waals surface area contributed by atoms with Gasteiger partial charge < -0.3 is 33.7 Å². The van der Waals surface area contributed by atoms with Crippen LogP contribution >= 0.6 is 0 Å². The van der Waals surface area contributed by atoms with Crippen molar-refractivity contribution < 1.29 is 38.0 Å². The van der Waals surface area contributed by atoms with Crippen molar-refractivity contribution in [3.05, 3.63) is 64.0 Å². The molecule has 1 aliphatic heterocycles. The van der Waals surface area contributed by atoms with Crippen molar-refractivity contribution in [1.29, 1.82) is 0 Å². The lowest BCUT2D eigenvalue weighted by Crippen LogP contribution is -2.36. The maximum atomic E-state index is 13.9. The highest BCUT2D eigenvalue weighted by Crippen LogP contribution is 2.51. The van der Waals surface area contributed by atoms with E-state index < -0.39 is 11.9 Å². The molecule has 4 rings (SSSR count). The Balaban J connectivity index is 1.87. The van der Waals surface area contributed by atoms with Crippen molar-refractivity contribution in [3.8, 4) is 28.7 Å². The number of allylic oxidation sites excluding steroid dienone is 3. The monoisotopic (exact) mass is 523 g/mol. The second-order valence-electron chi connectivity index (χ2n) is 9.05. The minimum atomic E-state index is -0.715. The molecule has 0 saturated heterocycles. The van der Waals surface area contributed by atoms with Crippen LogP contribution in [0, 0.1) is 0 Å². The Kier molecular flexibility index (Phi) is 7.85. The van der Waals surface area contributed by atoms with Gasteiger partial charge in [0.1, 0.15) is 0 Å². The van der Waals surface area contributed by atoms with Gasteiger partial charge >= 0.3 is 5.97 Å². The lowest BCUT2D eigenvalue weighted by atomic mass is 9.71. The van der Waals surface area contributed by atoms with E-state index in [4.69, 9.17) is 28.4 Å². The van der Waals surface area contributed by atoms with Crippen LogP contribution in [-0.4, -0.2) is 54.4 Å². The second-order valence-corrected chi connectivity index (χ2v) is 9.05. The summed E-state index contributed by atoms with van der Waals surface area (Å²) < 4.78 is 32.8. The van der Waals surface area contributed by atoms with Gasteiger partial charge in [-0.3, -0.25) is 4.79 Å². The van der Waals surface area contributed by atoms with E-state index in [1.807, 2.05) is 18.2 Å². The molecule has 0 spiro atoms. The Morgan fingerprint density at radius 3 is 2.08 bits per heavy atom. The van der Waals surface area contributed by atoms with Crippen LogP contribution in [0.2, 0.25) is 0 Å². The molecule has 9 nitrogen and oxygen atoms in total. The summed E-state index contributed by atoms with van der Waals surface area (Å²) in [7, 11) is 9.05. The molecule has 0 fully saturated rings. The number of hydrogen-bond acceptors (Lipinski definition) is 9. The number of carbonyl (C=O) groups excluding carboxylic acids is 2. The third-order valence-electron chi connectivity index (χ3n) is 7.16. The molecule has 1 aliphatic carbocycles. The maximum Gasteiger partial charge on any atom is 0.336 e. The van der Waals surface area contributed by atoms with Crippen molar-refractivity contribution in [2.24, 2.45) is 0 Å². The third kappa shape index (κ3) is 4.53. The van der Waals surface area contributed by atoms with E-state index in [-0.39, 0.29) is 18.1 Å². The molecule has 2 aromatic rings. The second kappa shape index (κ2) is 11.1. The molecule has 202 valence electrons. The first-order valence-corrected chi connectivity index (χ1v) is 12.2. The lowest BCUT2D eigenvalue weighted by Gasteiger charge is -2.37. The quantitative estimate of drug-likeness (QED) is 0.509. The fraction of sp³-hybridized carbons (Fsp3) is 0.379. The van der Waals surface area contributed by atoms with Gasteiger partial charge in [-0.1, -0.05) is 12.1 Å². The minimum absolute atomic E-state index is 0.0747. The van der Waals surface area contributed by atoms with E-state index in [1.54, 1.807) is 33.3 Å². The first-order chi connectivity index (χ1) is 18.3. The van der Waals surface area contributed by atoms with Gasteiger partial charge in [-0.05, 0) is 43.0 Å². The van der Waals surface area contributed by atoms with Crippen molar-refractivity contribution in [1.82, 2.24) is 5.32 Å². The van der Waals surface area contributed by atoms with Gasteiger partial charge in [0.25, 0.3) is 0 Å². The summed E-state index contributed by atoms with van der Waals surface area (Å²) in [6.07, 6.45) is 0.823. The number of hydrogen-bond donors (Lipinski definition) is 1. The first kappa shape index (κ1) is 26.9. The van der Waals surface area contributed by atoms with E-state index in [9.17, 15) is 9.59 Å². The van der Waals surface area contributed by atoms with Crippen molar-refractivity contribution in [2.45, 2.75) is 31.6 Å².